The van der Waals surface area contributed by atoms with Crippen molar-refractivity contribution in [2.24, 2.45) is 5.92 Å². The largest absolute Gasteiger partial charge is 0.493 e. The van der Waals surface area contributed by atoms with E-state index < -0.39 is 0 Å². The van der Waals surface area contributed by atoms with E-state index in [1.165, 1.54) is 70.2 Å². The molecular formula is C39H47NO. The summed E-state index contributed by atoms with van der Waals surface area (Å²) in [5.41, 5.74) is 17.6. The fraction of sp³-hybridized carbons (Fsp3) is 0.385. The maximum atomic E-state index is 6.21. The molecule has 0 heterocycles. The van der Waals surface area contributed by atoms with Gasteiger partial charge in [-0.1, -0.05) is 108 Å². The molecule has 0 aliphatic heterocycles. The summed E-state index contributed by atoms with van der Waals surface area (Å²) in [6, 6.07) is 31.3. The lowest BCUT2D eigenvalue weighted by Crippen LogP contribution is -2.25. The third-order valence-electron chi connectivity index (χ3n) is 9.17. The quantitative estimate of drug-likeness (QED) is 0.170. The molecule has 0 fully saturated rings. The maximum absolute atomic E-state index is 6.21. The predicted octanol–water partition coefficient (Wildman–Crippen LogP) is 11.1. The molecule has 1 atom stereocenters. The van der Waals surface area contributed by atoms with Gasteiger partial charge < -0.3 is 10.5 Å². The van der Waals surface area contributed by atoms with Crippen LogP contribution >= 0.6 is 0 Å². The topological polar surface area (TPSA) is 35.2 Å². The van der Waals surface area contributed by atoms with E-state index in [4.69, 9.17) is 10.5 Å². The van der Waals surface area contributed by atoms with Gasteiger partial charge in [0.1, 0.15) is 5.75 Å². The summed E-state index contributed by atoms with van der Waals surface area (Å²) in [6.45, 7) is 9.99. The average Bonchev–Trinajstić information content (AvgIpc) is 3.26. The van der Waals surface area contributed by atoms with E-state index in [1.807, 2.05) is 12.1 Å². The Labute approximate surface area is 248 Å². The summed E-state index contributed by atoms with van der Waals surface area (Å²) in [7, 11) is 0. The molecule has 0 spiro atoms. The molecule has 41 heavy (non-hydrogen) atoms. The number of hydrogen-bond acceptors (Lipinski definition) is 2. The van der Waals surface area contributed by atoms with Crippen LogP contribution < -0.4 is 10.5 Å². The predicted molar refractivity (Wildman–Crippen MR) is 177 cm³/mol. The van der Waals surface area contributed by atoms with Crippen molar-refractivity contribution in [2.75, 3.05) is 12.3 Å². The third-order valence-corrected chi connectivity index (χ3v) is 9.17. The molecule has 1 aliphatic rings. The van der Waals surface area contributed by atoms with Crippen LogP contribution in [0.3, 0.4) is 0 Å². The van der Waals surface area contributed by atoms with Crippen LogP contribution in [-0.4, -0.2) is 6.61 Å². The number of benzene rings is 4. The molecule has 0 saturated carbocycles. The van der Waals surface area contributed by atoms with Crippen molar-refractivity contribution < 1.29 is 4.74 Å². The van der Waals surface area contributed by atoms with Crippen molar-refractivity contribution in [1.82, 2.24) is 0 Å². The van der Waals surface area contributed by atoms with Gasteiger partial charge in [0.2, 0.25) is 0 Å². The molecule has 2 nitrogen and oxygen atoms in total. The lowest BCUT2D eigenvalue weighted by atomic mass is 9.71. The molecule has 0 radical (unpaired) electrons. The number of rotatable bonds is 13. The minimum Gasteiger partial charge on any atom is -0.493 e. The molecule has 5 rings (SSSR count). The normalized spacial score (nSPS) is 14.0. The standard InChI is InChI=1S/C39H47NO/c1-5-9-10-28(8-4)27-41-34-19-13-30(14-20-34)32-16-22-36-35-21-15-31(29-11-17-33(40)18-12-29)25-37(35)39(23-6-2,24-7-3)38(36)26-32/h11-22,25-26,28H,5-10,23-24,27,40H2,1-4H3. The molecular weight excluding hydrogens is 498 g/mol. The zero-order valence-electron chi connectivity index (χ0n) is 25.5. The van der Waals surface area contributed by atoms with Gasteiger partial charge >= 0.3 is 0 Å². The molecule has 4 aromatic rings. The Hall–Kier alpha value is -3.52. The van der Waals surface area contributed by atoms with E-state index in [1.54, 1.807) is 0 Å². The smallest absolute Gasteiger partial charge is 0.119 e. The fourth-order valence-electron chi connectivity index (χ4n) is 6.90. The van der Waals surface area contributed by atoms with E-state index in [2.05, 4.69) is 100 Å². The van der Waals surface area contributed by atoms with Gasteiger partial charge in [-0.3, -0.25) is 0 Å². The molecule has 1 unspecified atom stereocenters. The number of ether oxygens (including phenoxy) is 1. The first-order valence-electron chi connectivity index (χ1n) is 15.9. The van der Waals surface area contributed by atoms with E-state index in [0.717, 1.165) is 43.7 Å². The molecule has 2 N–H and O–H groups in total. The van der Waals surface area contributed by atoms with Gasteiger partial charge in [0.15, 0.2) is 0 Å². The first kappa shape index (κ1) is 29.0. The van der Waals surface area contributed by atoms with Gasteiger partial charge in [-0.15, -0.1) is 0 Å². The minimum atomic E-state index is 0.0324. The third kappa shape index (κ3) is 5.94. The fourth-order valence-corrected chi connectivity index (χ4v) is 6.90. The molecule has 0 amide bonds. The van der Waals surface area contributed by atoms with Gasteiger partial charge in [-0.2, -0.15) is 0 Å². The highest BCUT2D eigenvalue weighted by Gasteiger charge is 2.42. The zero-order chi connectivity index (χ0) is 28.8. The van der Waals surface area contributed by atoms with Crippen LogP contribution in [0.1, 0.15) is 90.2 Å². The van der Waals surface area contributed by atoms with Crippen LogP contribution in [0.15, 0.2) is 84.9 Å². The first-order valence-corrected chi connectivity index (χ1v) is 15.9. The lowest BCUT2D eigenvalue weighted by Gasteiger charge is -2.32. The molecule has 1 aliphatic carbocycles. The lowest BCUT2D eigenvalue weighted by molar-refractivity contribution is 0.233. The monoisotopic (exact) mass is 545 g/mol. The number of unbranched alkanes of at least 4 members (excludes halogenated alkanes) is 1. The summed E-state index contributed by atoms with van der Waals surface area (Å²) in [4.78, 5) is 0. The van der Waals surface area contributed by atoms with E-state index in [0.29, 0.717) is 5.92 Å². The van der Waals surface area contributed by atoms with Crippen LogP contribution in [0.4, 0.5) is 5.69 Å². The average molecular weight is 546 g/mol. The Morgan fingerprint density at radius 2 is 1.15 bits per heavy atom. The molecule has 0 saturated heterocycles. The molecule has 214 valence electrons. The van der Waals surface area contributed by atoms with E-state index in [-0.39, 0.29) is 5.41 Å². The number of nitrogen functional groups attached to an aromatic ring is 1. The van der Waals surface area contributed by atoms with Crippen LogP contribution in [0.2, 0.25) is 0 Å². The highest BCUT2D eigenvalue weighted by atomic mass is 16.5. The minimum absolute atomic E-state index is 0.0324. The van der Waals surface area contributed by atoms with Gasteiger partial charge in [0.25, 0.3) is 0 Å². The summed E-state index contributed by atoms with van der Waals surface area (Å²) in [6.07, 6.45) is 9.56. The summed E-state index contributed by atoms with van der Waals surface area (Å²) in [5.74, 6) is 1.61. The molecule has 0 aromatic heterocycles. The summed E-state index contributed by atoms with van der Waals surface area (Å²) >= 11 is 0. The molecule has 2 heteroatoms. The van der Waals surface area contributed by atoms with Crippen molar-refractivity contribution >= 4 is 5.69 Å². The Bertz CT molecular complexity index is 1430. The highest BCUT2D eigenvalue weighted by molar-refractivity contribution is 5.86. The van der Waals surface area contributed by atoms with E-state index in [9.17, 15) is 0 Å². The Balaban J connectivity index is 1.47. The number of fused-ring (bicyclic) bond motifs is 3. The van der Waals surface area contributed by atoms with E-state index >= 15 is 0 Å². The van der Waals surface area contributed by atoms with Crippen LogP contribution in [0, 0.1) is 5.92 Å². The van der Waals surface area contributed by atoms with Gasteiger partial charge in [-0.05, 0) is 106 Å². The second kappa shape index (κ2) is 13.0. The van der Waals surface area contributed by atoms with Gasteiger partial charge in [-0.25, -0.2) is 0 Å². The highest BCUT2D eigenvalue weighted by Crippen LogP contribution is 2.55. The van der Waals surface area contributed by atoms with Crippen molar-refractivity contribution in [3.63, 3.8) is 0 Å². The van der Waals surface area contributed by atoms with Crippen molar-refractivity contribution in [2.45, 2.75) is 84.5 Å². The summed E-state index contributed by atoms with van der Waals surface area (Å²) in [5, 5.41) is 0. The summed E-state index contributed by atoms with van der Waals surface area (Å²) < 4.78 is 6.21. The first-order chi connectivity index (χ1) is 20.0. The van der Waals surface area contributed by atoms with Gasteiger partial charge in [0, 0.05) is 11.1 Å². The Morgan fingerprint density at radius 3 is 1.63 bits per heavy atom. The van der Waals surface area contributed by atoms with Crippen LogP contribution in [0.5, 0.6) is 5.75 Å². The Morgan fingerprint density at radius 1 is 0.634 bits per heavy atom. The van der Waals surface area contributed by atoms with Gasteiger partial charge in [0.05, 0.1) is 6.61 Å². The maximum Gasteiger partial charge on any atom is 0.119 e. The Kier molecular flexibility index (Phi) is 9.18. The zero-order valence-corrected chi connectivity index (χ0v) is 25.5. The van der Waals surface area contributed by atoms with Crippen molar-refractivity contribution in [1.29, 1.82) is 0 Å². The van der Waals surface area contributed by atoms with Crippen LogP contribution in [0.25, 0.3) is 33.4 Å². The second-order valence-electron chi connectivity index (χ2n) is 12.0. The second-order valence-corrected chi connectivity index (χ2v) is 12.0. The van der Waals surface area contributed by atoms with Crippen LogP contribution in [-0.2, 0) is 5.41 Å². The van der Waals surface area contributed by atoms with Crippen molar-refractivity contribution in [3.05, 3.63) is 96.1 Å². The number of hydrogen-bond donors (Lipinski definition) is 1. The molecule has 0 bridgehead atoms. The molecule has 4 aromatic carbocycles. The number of nitrogens with two attached hydrogens (primary N) is 1. The number of anilines is 1. The van der Waals surface area contributed by atoms with Crippen molar-refractivity contribution in [3.8, 4) is 39.1 Å². The SMILES string of the molecule is CCCCC(CC)COc1ccc(-c2ccc3c(c2)C(CCC)(CCC)c2cc(-c4ccc(N)cc4)ccc2-3)cc1.